The molecule has 0 amide bonds. The summed E-state index contributed by atoms with van der Waals surface area (Å²) in [5, 5.41) is 9.35. The van der Waals surface area contributed by atoms with Crippen molar-refractivity contribution in [3.8, 4) is 6.07 Å². The van der Waals surface area contributed by atoms with Crippen molar-refractivity contribution in [3.63, 3.8) is 0 Å². The number of nitriles is 1. The van der Waals surface area contributed by atoms with E-state index in [1.54, 1.807) is 0 Å². The van der Waals surface area contributed by atoms with Gasteiger partial charge in [-0.05, 0) is 31.2 Å². The van der Waals surface area contributed by atoms with E-state index in [-0.39, 0.29) is 5.92 Å². The lowest BCUT2D eigenvalue weighted by Gasteiger charge is -2.26. The van der Waals surface area contributed by atoms with Gasteiger partial charge in [-0.3, -0.25) is 0 Å². The second kappa shape index (κ2) is 5.16. The zero-order valence-corrected chi connectivity index (χ0v) is 9.95. The number of nitrogens with zero attached hydrogens (tertiary/aromatic N) is 1. The molecular formula is C15H19N. The summed E-state index contributed by atoms with van der Waals surface area (Å²) in [6.45, 7) is 2.09. The van der Waals surface area contributed by atoms with Gasteiger partial charge in [-0.1, -0.05) is 49.1 Å². The highest BCUT2D eigenvalue weighted by Crippen LogP contribution is 2.35. The van der Waals surface area contributed by atoms with E-state index >= 15 is 0 Å². The lowest BCUT2D eigenvalue weighted by molar-refractivity contribution is 0.335. The second-order valence-corrected chi connectivity index (χ2v) is 4.92. The van der Waals surface area contributed by atoms with E-state index in [4.69, 9.17) is 0 Å². The first kappa shape index (κ1) is 11.2. The van der Waals surface area contributed by atoms with Crippen LogP contribution in [0.5, 0.6) is 0 Å². The highest BCUT2D eigenvalue weighted by atomic mass is 14.3. The predicted molar refractivity (Wildman–Crippen MR) is 66.1 cm³/mol. The zero-order chi connectivity index (χ0) is 11.4. The van der Waals surface area contributed by atoms with Crippen LogP contribution >= 0.6 is 0 Å². The SMILES string of the molecule is Cc1ccc([C@H](C#N)C2CCCCC2)cc1. The standard InChI is InChI=1S/C15H19N/c1-12-7-9-14(10-8-12)15(11-16)13-5-3-2-4-6-13/h7-10,13,15H,2-6H2,1H3/t15-/m1/s1. The molecule has 0 unspecified atom stereocenters. The first-order valence-electron chi connectivity index (χ1n) is 6.27. The average molecular weight is 213 g/mol. The van der Waals surface area contributed by atoms with Crippen molar-refractivity contribution in [2.24, 2.45) is 5.92 Å². The van der Waals surface area contributed by atoms with Gasteiger partial charge in [-0.15, -0.1) is 0 Å². The van der Waals surface area contributed by atoms with Gasteiger partial charge in [-0.2, -0.15) is 5.26 Å². The van der Waals surface area contributed by atoms with Crippen molar-refractivity contribution in [1.29, 1.82) is 5.26 Å². The van der Waals surface area contributed by atoms with E-state index in [2.05, 4.69) is 37.3 Å². The average Bonchev–Trinajstić information content (AvgIpc) is 2.34. The van der Waals surface area contributed by atoms with Gasteiger partial charge in [0.2, 0.25) is 0 Å². The molecule has 0 heterocycles. The van der Waals surface area contributed by atoms with Gasteiger partial charge >= 0.3 is 0 Å². The quantitative estimate of drug-likeness (QED) is 0.723. The van der Waals surface area contributed by atoms with Crippen molar-refractivity contribution in [1.82, 2.24) is 0 Å². The number of rotatable bonds is 2. The summed E-state index contributed by atoms with van der Waals surface area (Å²) in [6, 6.07) is 11.0. The van der Waals surface area contributed by atoms with Crippen LogP contribution in [-0.2, 0) is 0 Å². The molecule has 0 spiro atoms. The van der Waals surface area contributed by atoms with Crippen molar-refractivity contribution in [3.05, 3.63) is 35.4 Å². The van der Waals surface area contributed by atoms with E-state index in [9.17, 15) is 5.26 Å². The van der Waals surface area contributed by atoms with E-state index in [0.29, 0.717) is 5.92 Å². The predicted octanol–water partition coefficient (Wildman–Crippen LogP) is 4.18. The summed E-state index contributed by atoms with van der Waals surface area (Å²) in [5.41, 5.74) is 2.48. The lowest BCUT2D eigenvalue weighted by Crippen LogP contribution is -2.15. The van der Waals surface area contributed by atoms with Gasteiger partial charge in [0.05, 0.1) is 12.0 Å². The van der Waals surface area contributed by atoms with Gasteiger partial charge < -0.3 is 0 Å². The highest BCUT2D eigenvalue weighted by molar-refractivity contribution is 5.29. The second-order valence-electron chi connectivity index (χ2n) is 4.92. The number of hydrogen-bond acceptors (Lipinski definition) is 1. The Bertz CT molecular complexity index is 365. The van der Waals surface area contributed by atoms with Gasteiger partial charge in [0.25, 0.3) is 0 Å². The molecule has 0 radical (unpaired) electrons. The van der Waals surface area contributed by atoms with E-state index < -0.39 is 0 Å². The first-order chi connectivity index (χ1) is 7.81. The molecule has 0 aromatic heterocycles. The molecule has 0 saturated heterocycles. The first-order valence-corrected chi connectivity index (χ1v) is 6.27. The molecule has 2 rings (SSSR count). The summed E-state index contributed by atoms with van der Waals surface area (Å²) in [5.74, 6) is 0.697. The maximum absolute atomic E-state index is 9.35. The van der Waals surface area contributed by atoms with Gasteiger partial charge in [0.15, 0.2) is 0 Å². The Hall–Kier alpha value is -1.29. The Morgan fingerprint density at radius 2 is 1.75 bits per heavy atom. The third-order valence-corrected chi connectivity index (χ3v) is 3.70. The van der Waals surface area contributed by atoms with Crippen LogP contribution in [0, 0.1) is 24.2 Å². The summed E-state index contributed by atoms with van der Waals surface area (Å²) < 4.78 is 0. The minimum absolute atomic E-state index is 0.112. The third-order valence-electron chi connectivity index (χ3n) is 3.70. The van der Waals surface area contributed by atoms with Crippen molar-refractivity contribution in [2.45, 2.75) is 44.9 Å². The summed E-state index contributed by atoms with van der Waals surface area (Å²) >= 11 is 0. The molecule has 84 valence electrons. The minimum atomic E-state index is 0.112. The molecule has 1 aromatic carbocycles. The maximum Gasteiger partial charge on any atom is 0.0740 e. The molecule has 1 nitrogen and oxygen atoms in total. The molecule has 0 aliphatic heterocycles. The Morgan fingerprint density at radius 1 is 1.12 bits per heavy atom. The monoisotopic (exact) mass is 213 g/mol. The van der Waals surface area contributed by atoms with Gasteiger partial charge in [-0.25, -0.2) is 0 Å². The fourth-order valence-electron chi connectivity index (χ4n) is 2.69. The van der Waals surface area contributed by atoms with Crippen LogP contribution in [0.3, 0.4) is 0 Å². The van der Waals surface area contributed by atoms with Crippen molar-refractivity contribution < 1.29 is 0 Å². The Morgan fingerprint density at radius 3 is 2.31 bits per heavy atom. The minimum Gasteiger partial charge on any atom is -0.198 e. The fourth-order valence-corrected chi connectivity index (χ4v) is 2.69. The molecule has 1 aliphatic rings. The molecular weight excluding hydrogens is 194 g/mol. The van der Waals surface area contributed by atoms with Crippen molar-refractivity contribution >= 4 is 0 Å². The van der Waals surface area contributed by atoms with Crippen LogP contribution in [-0.4, -0.2) is 0 Å². The van der Waals surface area contributed by atoms with Crippen LogP contribution in [0.15, 0.2) is 24.3 Å². The van der Waals surface area contributed by atoms with E-state index in [0.717, 1.165) is 0 Å². The smallest absolute Gasteiger partial charge is 0.0740 e. The van der Waals surface area contributed by atoms with E-state index in [1.165, 1.54) is 43.2 Å². The molecule has 1 fully saturated rings. The molecule has 1 heteroatoms. The van der Waals surface area contributed by atoms with Crippen LogP contribution in [0.1, 0.15) is 49.1 Å². The van der Waals surface area contributed by atoms with Gasteiger partial charge in [0, 0.05) is 0 Å². The maximum atomic E-state index is 9.35. The summed E-state index contributed by atoms with van der Waals surface area (Å²) in [6.07, 6.45) is 6.41. The van der Waals surface area contributed by atoms with Crippen LogP contribution < -0.4 is 0 Å². The van der Waals surface area contributed by atoms with Crippen LogP contribution in [0.4, 0.5) is 0 Å². The highest BCUT2D eigenvalue weighted by Gasteiger charge is 2.24. The molecule has 1 aliphatic carbocycles. The van der Waals surface area contributed by atoms with Crippen LogP contribution in [0.2, 0.25) is 0 Å². The summed E-state index contributed by atoms with van der Waals surface area (Å²) in [7, 11) is 0. The number of aryl methyl sites for hydroxylation is 1. The molecule has 1 aromatic rings. The Kier molecular flexibility index (Phi) is 3.62. The molecule has 0 bridgehead atoms. The molecule has 0 N–H and O–H groups in total. The largest absolute Gasteiger partial charge is 0.198 e. The zero-order valence-electron chi connectivity index (χ0n) is 9.95. The number of benzene rings is 1. The van der Waals surface area contributed by atoms with Crippen LogP contribution in [0.25, 0.3) is 0 Å². The van der Waals surface area contributed by atoms with Crippen molar-refractivity contribution in [2.75, 3.05) is 0 Å². The fraction of sp³-hybridized carbons (Fsp3) is 0.533. The third kappa shape index (κ3) is 2.44. The number of hydrogen-bond donors (Lipinski definition) is 0. The normalized spacial score (nSPS) is 19.0. The van der Waals surface area contributed by atoms with E-state index in [1.807, 2.05) is 0 Å². The topological polar surface area (TPSA) is 23.8 Å². The van der Waals surface area contributed by atoms with Gasteiger partial charge in [0.1, 0.15) is 0 Å². The molecule has 1 atom stereocenters. The summed E-state index contributed by atoms with van der Waals surface area (Å²) in [4.78, 5) is 0. The molecule has 1 saturated carbocycles. The Labute approximate surface area is 98.1 Å². The Balaban J connectivity index is 2.15. The molecule has 16 heavy (non-hydrogen) atoms. The lowest BCUT2D eigenvalue weighted by atomic mass is 9.77.